The summed E-state index contributed by atoms with van der Waals surface area (Å²) in [7, 11) is 0. The number of nitrogens with one attached hydrogen (secondary N) is 1. The molecule has 154 valence electrons. The number of benzene rings is 3. The molecule has 0 saturated heterocycles. The summed E-state index contributed by atoms with van der Waals surface area (Å²) >= 11 is 18.8. The SMILES string of the molecule is O=C(NCc1ccccc1)OCC1Cc2cccc(-c3c(Cl)cc(Cl)cc3Cl)c2O1. The second-order valence-electron chi connectivity index (χ2n) is 6.92. The van der Waals surface area contributed by atoms with E-state index in [0.717, 1.165) is 16.7 Å². The molecule has 0 aromatic heterocycles. The first-order valence-corrected chi connectivity index (χ1v) is 10.5. The molecule has 0 fully saturated rings. The lowest BCUT2D eigenvalue weighted by atomic mass is 10.0. The van der Waals surface area contributed by atoms with Crippen LogP contribution in [0.15, 0.2) is 60.7 Å². The molecule has 1 heterocycles. The molecule has 4 nitrogen and oxygen atoms in total. The molecule has 7 heteroatoms. The summed E-state index contributed by atoms with van der Waals surface area (Å²) in [4.78, 5) is 12.0. The second-order valence-corrected chi connectivity index (χ2v) is 8.17. The first-order chi connectivity index (χ1) is 14.5. The van der Waals surface area contributed by atoms with Gasteiger partial charge in [-0.15, -0.1) is 0 Å². The van der Waals surface area contributed by atoms with Crippen molar-refractivity contribution in [2.45, 2.75) is 19.1 Å². The topological polar surface area (TPSA) is 47.6 Å². The molecule has 0 saturated carbocycles. The molecular formula is C23H18Cl3NO3. The van der Waals surface area contributed by atoms with Crippen molar-refractivity contribution in [3.05, 3.63) is 86.9 Å². The third kappa shape index (κ3) is 4.67. The van der Waals surface area contributed by atoms with Crippen molar-refractivity contribution in [3.8, 4) is 16.9 Å². The highest BCUT2D eigenvalue weighted by molar-refractivity contribution is 6.42. The summed E-state index contributed by atoms with van der Waals surface area (Å²) in [5.74, 6) is 0.696. The largest absolute Gasteiger partial charge is 0.486 e. The van der Waals surface area contributed by atoms with Gasteiger partial charge in [-0.25, -0.2) is 4.79 Å². The average molecular weight is 463 g/mol. The molecule has 1 amide bonds. The molecule has 3 aromatic carbocycles. The van der Waals surface area contributed by atoms with E-state index in [0.29, 0.717) is 39.3 Å². The monoisotopic (exact) mass is 461 g/mol. The van der Waals surface area contributed by atoms with Crippen LogP contribution in [0.1, 0.15) is 11.1 Å². The van der Waals surface area contributed by atoms with Gasteiger partial charge < -0.3 is 14.8 Å². The fourth-order valence-electron chi connectivity index (χ4n) is 3.42. The van der Waals surface area contributed by atoms with E-state index in [2.05, 4.69) is 5.32 Å². The van der Waals surface area contributed by atoms with E-state index in [-0.39, 0.29) is 12.7 Å². The van der Waals surface area contributed by atoms with Crippen molar-refractivity contribution in [3.63, 3.8) is 0 Å². The van der Waals surface area contributed by atoms with E-state index in [1.54, 1.807) is 12.1 Å². The lowest BCUT2D eigenvalue weighted by Gasteiger charge is -2.15. The highest BCUT2D eigenvalue weighted by Crippen LogP contribution is 2.45. The normalized spacial score (nSPS) is 14.7. The minimum absolute atomic E-state index is 0.136. The van der Waals surface area contributed by atoms with Crippen LogP contribution in [0.25, 0.3) is 11.1 Å². The number of carbonyl (C=O) groups is 1. The van der Waals surface area contributed by atoms with Gasteiger partial charge in [0.1, 0.15) is 18.5 Å². The molecule has 1 unspecified atom stereocenters. The number of rotatable bonds is 5. The van der Waals surface area contributed by atoms with Crippen LogP contribution in [0.3, 0.4) is 0 Å². The first-order valence-electron chi connectivity index (χ1n) is 9.39. The number of para-hydroxylation sites is 1. The zero-order chi connectivity index (χ0) is 21.1. The standard InChI is InChI=1S/C23H18Cl3NO3/c24-16-10-19(25)21(20(26)11-16)18-8-4-7-15-9-17(30-22(15)18)13-29-23(28)27-12-14-5-2-1-3-6-14/h1-8,10-11,17H,9,12-13H2,(H,27,28). The van der Waals surface area contributed by atoms with Gasteiger partial charge in [-0.3, -0.25) is 0 Å². The molecule has 0 aliphatic carbocycles. The minimum atomic E-state index is -0.484. The van der Waals surface area contributed by atoms with Gasteiger partial charge in [0.2, 0.25) is 0 Å². The molecule has 0 bridgehead atoms. The fourth-order valence-corrected chi connectivity index (χ4v) is 4.44. The predicted molar refractivity (Wildman–Crippen MR) is 120 cm³/mol. The molecule has 3 aromatic rings. The fraction of sp³-hybridized carbons (Fsp3) is 0.174. The number of halogens is 3. The Labute approximate surface area is 189 Å². The third-order valence-corrected chi connectivity index (χ3v) is 5.60. The van der Waals surface area contributed by atoms with Crippen LogP contribution in [-0.2, 0) is 17.7 Å². The zero-order valence-corrected chi connectivity index (χ0v) is 18.1. The summed E-state index contributed by atoms with van der Waals surface area (Å²) in [6.07, 6.45) is -0.145. The van der Waals surface area contributed by atoms with E-state index in [1.165, 1.54) is 0 Å². The lowest BCUT2D eigenvalue weighted by molar-refractivity contribution is 0.0924. The van der Waals surface area contributed by atoms with Crippen LogP contribution in [0.4, 0.5) is 4.79 Å². The number of fused-ring (bicyclic) bond motifs is 1. The summed E-state index contributed by atoms with van der Waals surface area (Å²) in [5, 5.41) is 4.10. The molecule has 1 atom stereocenters. The predicted octanol–water partition coefficient (Wildman–Crippen LogP) is 6.54. The average Bonchev–Trinajstić information content (AvgIpc) is 3.15. The van der Waals surface area contributed by atoms with Gasteiger partial charge in [0.25, 0.3) is 0 Å². The molecule has 1 aliphatic heterocycles. The molecule has 0 spiro atoms. The van der Waals surface area contributed by atoms with E-state index in [4.69, 9.17) is 44.3 Å². The van der Waals surface area contributed by atoms with Gasteiger partial charge in [-0.2, -0.15) is 0 Å². The van der Waals surface area contributed by atoms with Crippen LogP contribution in [0.2, 0.25) is 15.1 Å². The van der Waals surface area contributed by atoms with E-state index >= 15 is 0 Å². The van der Waals surface area contributed by atoms with Gasteiger partial charge in [0.05, 0.1) is 10.0 Å². The van der Waals surface area contributed by atoms with Gasteiger partial charge in [-0.05, 0) is 23.3 Å². The highest BCUT2D eigenvalue weighted by atomic mass is 35.5. The maximum Gasteiger partial charge on any atom is 0.407 e. The van der Waals surface area contributed by atoms with Gasteiger partial charge in [-0.1, -0.05) is 83.3 Å². The highest BCUT2D eigenvalue weighted by Gasteiger charge is 2.28. The first kappa shape index (κ1) is 20.9. The maximum atomic E-state index is 12.0. The molecule has 4 rings (SSSR count). The number of alkyl carbamates (subject to hydrolysis) is 1. The Bertz CT molecular complexity index is 1050. The Hall–Kier alpha value is -2.40. The van der Waals surface area contributed by atoms with Gasteiger partial charge >= 0.3 is 6.09 Å². The summed E-state index contributed by atoms with van der Waals surface area (Å²) in [6, 6.07) is 18.7. The zero-order valence-electron chi connectivity index (χ0n) is 15.8. The Balaban J connectivity index is 1.41. The number of amides is 1. The van der Waals surface area contributed by atoms with E-state index in [9.17, 15) is 4.79 Å². The van der Waals surface area contributed by atoms with Crippen molar-refractivity contribution in [1.29, 1.82) is 0 Å². The number of ether oxygens (including phenoxy) is 2. The van der Waals surface area contributed by atoms with Crippen molar-refractivity contribution >= 4 is 40.9 Å². The van der Waals surface area contributed by atoms with Crippen LogP contribution in [0.5, 0.6) is 5.75 Å². The van der Waals surface area contributed by atoms with Crippen molar-refractivity contribution < 1.29 is 14.3 Å². The maximum absolute atomic E-state index is 12.0. The van der Waals surface area contributed by atoms with Crippen molar-refractivity contribution in [1.82, 2.24) is 5.32 Å². The van der Waals surface area contributed by atoms with Crippen LogP contribution in [-0.4, -0.2) is 18.8 Å². The van der Waals surface area contributed by atoms with Crippen molar-refractivity contribution in [2.24, 2.45) is 0 Å². The van der Waals surface area contributed by atoms with Crippen LogP contribution >= 0.6 is 34.8 Å². The number of hydrogen-bond acceptors (Lipinski definition) is 3. The summed E-state index contributed by atoms with van der Waals surface area (Å²) < 4.78 is 11.4. The molecule has 1 aliphatic rings. The minimum Gasteiger partial charge on any atom is -0.486 e. The van der Waals surface area contributed by atoms with Crippen LogP contribution < -0.4 is 10.1 Å². The Morgan fingerprint density at radius 3 is 2.50 bits per heavy atom. The molecule has 0 radical (unpaired) electrons. The lowest BCUT2D eigenvalue weighted by Crippen LogP contribution is -2.29. The third-order valence-electron chi connectivity index (χ3n) is 4.78. The summed E-state index contributed by atoms with van der Waals surface area (Å²) in [5.41, 5.74) is 3.46. The quantitative estimate of drug-likeness (QED) is 0.468. The smallest absolute Gasteiger partial charge is 0.407 e. The summed E-state index contributed by atoms with van der Waals surface area (Å²) in [6.45, 7) is 0.542. The Kier molecular flexibility index (Phi) is 6.38. The van der Waals surface area contributed by atoms with E-state index in [1.807, 2.05) is 48.5 Å². The molecule has 30 heavy (non-hydrogen) atoms. The Morgan fingerprint density at radius 1 is 1.03 bits per heavy atom. The van der Waals surface area contributed by atoms with Gasteiger partial charge in [0, 0.05) is 29.1 Å². The van der Waals surface area contributed by atoms with Crippen molar-refractivity contribution in [2.75, 3.05) is 6.61 Å². The van der Waals surface area contributed by atoms with Crippen LogP contribution in [0, 0.1) is 0 Å². The van der Waals surface area contributed by atoms with E-state index < -0.39 is 6.09 Å². The van der Waals surface area contributed by atoms with Gasteiger partial charge in [0.15, 0.2) is 0 Å². The number of hydrogen-bond donors (Lipinski definition) is 1. The molecular weight excluding hydrogens is 445 g/mol. The Morgan fingerprint density at radius 2 is 1.77 bits per heavy atom. The number of carbonyl (C=O) groups excluding carboxylic acids is 1. The molecule has 1 N–H and O–H groups in total. The second kappa shape index (κ2) is 9.17.